The van der Waals surface area contributed by atoms with Crippen molar-refractivity contribution in [2.24, 2.45) is 0 Å². The van der Waals surface area contributed by atoms with E-state index in [1.165, 1.54) is 12.1 Å². The van der Waals surface area contributed by atoms with E-state index in [2.05, 4.69) is 28.7 Å². The molecule has 1 N–H and O–H groups in total. The maximum absolute atomic E-state index is 11.0. The maximum Gasteiger partial charge on any atom is 0.335 e. The highest BCUT2D eigenvalue weighted by molar-refractivity contribution is 14.1. The summed E-state index contributed by atoms with van der Waals surface area (Å²) in [4.78, 5) is 11.0. The summed E-state index contributed by atoms with van der Waals surface area (Å²) in [5.41, 5.74) is 3.17. The second-order valence-electron chi connectivity index (χ2n) is 6.16. The Morgan fingerprint density at radius 3 is 2.31 bits per heavy atom. The molecule has 0 aliphatic rings. The zero-order valence-electron chi connectivity index (χ0n) is 15.1. The van der Waals surface area contributed by atoms with Crippen LogP contribution < -0.4 is 4.74 Å². The number of nitrogens with zero attached hydrogens (tertiary/aromatic N) is 1. The van der Waals surface area contributed by atoms with Gasteiger partial charge >= 0.3 is 5.97 Å². The van der Waals surface area contributed by atoms with E-state index in [0.29, 0.717) is 22.8 Å². The molecule has 0 heterocycles. The topological polar surface area (TPSA) is 70.3 Å². The molecular formula is C23H15ClINO3. The van der Waals surface area contributed by atoms with Gasteiger partial charge in [-0.3, -0.25) is 0 Å². The van der Waals surface area contributed by atoms with Crippen molar-refractivity contribution in [2.45, 2.75) is 6.61 Å². The highest BCUT2D eigenvalue weighted by atomic mass is 127. The first-order valence-corrected chi connectivity index (χ1v) is 10.0. The highest BCUT2D eigenvalue weighted by Crippen LogP contribution is 2.26. The zero-order chi connectivity index (χ0) is 20.8. The van der Waals surface area contributed by atoms with Crippen LogP contribution in [0.3, 0.4) is 0 Å². The van der Waals surface area contributed by atoms with Gasteiger partial charge in [0.05, 0.1) is 20.8 Å². The molecule has 29 heavy (non-hydrogen) atoms. The van der Waals surface area contributed by atoms with Gasteiger partial charge in [0.2, 0.25) is 0 Å². The number of hydrogen-bond donors (Lipinski definition) is 1. The second kappa shape index (κ2) is 9.59. The number of hydrogen-bond acceptors (Lipinski definition) is 3. The van der Waals surface area contributed by atoms with Gasteiger partial charge in [0.25, 0.3) is 0 Å². The third-order valence-electron chi connectivity index (χ3n) is 4.14. The van der Waals surface area contributed by atoms with Gasteiger partial charge in [0, 0.05) is 5.02 Å². The van der Waals surface area contributed by atoms with Crippen molar-refractivity contribution >= 4 is 51.8 Å². The van der Waals surface area contributed by atoms with Crippen LogP contribution in [0, 0.1) is 14.9 Å². The van der Waals surface area contributed by atoms with Crippen molar-refractivity contribution < 1.29 is 14.6 Å². The van der Waals surface area contributed by atoms with Gasteiger partial charge in [-0.1, -0.05) is 41.9 Å². The first-order valence-electron chi connectivity index (χ1n) is 8.58. The third-order valence-corrected chi connectivity index (χ3v) is 5.23. The molecule has 3 rings (SSSR count). The number of carboxylic acid groups (broad SMARTS) is 1. The summed E-state index contributed by atoms with van der Waals surface area (Å²) in [5.74, 6) is -0.246. The molecule has 0 bridgehead atoms. The van der Waals surface area contributed by atoms with Crippen LogP contribution in [0.25, 0.3) is 11.6 Å². The van der Waals surface area contributed by atoms with Crippen molar-refractivity contribution in [3.8, 4) is 11.8 Å². The summed E-state index contributed by atoms with van der Waals surface area (Å²) in [6, 6.07) is 21.6. The fraction of sp³-hybridized carbons (Fsp3) is 0.0435. The van der Waals surface area contributed by atoms with E-state index in [-0.39, 0.29) is 5.56 Å². The molecule has 0 spiro atoms. The van der Waals surface area contributed by atoms with Crippen molar-refractivity contribution in [3.63, 3.8) is 0 Å². The van der Waals surface area contributed by atoms with Crippen LogP contribution in [0.2, 0.25) is 5.02 Å². The van der Waals surface area contributed by atoms with E-state index in [4.69, 9.17) is 21.4 Å². The normalized spacial score (nSPS) is 11.0. The van der Waals surface area contributed by atoms with Gasteiger partial charge in [-0.25, -0.2) is 4.79 Å². The lowest BCUT2D eigenvalue weighted by molar-refractivity contribution is 0.0697. The van der Waals surface area contributed by atoms with Crippen LogP contribution in [0.4, 0.5) is 0 Å². The molecule has 0 amide bonds. The van der Waals surface area contributed by atoms with E-state index in [0.717, 1.165) is 20.4 Å². The largest absolute Gasteiger partial charge is 0.488 e. The molecular weight excluding hydrogens is 501 g/mol. The van der Waals surface area contributed by atoms with Crippen molar-refractivity contribution in [2.75, 3.05) is 0 Å². The number of aromatic carboxylic acids is 1. The molecule has 0 atom stereocenters. The molecule has 4 nitrogen and oxygen atoms in total. The molecule has 0 saturated heterocycles. The summed E-state index contributed by atoms with van der Waals surface area (Å²) in [6.07, 6.45) is 1.76. The van der Waals surface area contributed by atoms with Gasteiger partial charge in [-0.15, -0.1) is 0 Å². The van der Waals surface area contributed by atoms with E-state index in [1.54, 1.807) is 18.2 Å². The fourth-order valence-electron chi connectivity index (χ4n) is 2.60. The average Bonchev–Trinajstić information content (AvgIpc) is 2.72. The maximum atomic E-state index is 11.0. The Bertz CT molecular complexity index is 1100. The number of halogens is 2. The van der Waals surface area contributed by atoms with E-state index in [1.807, 2.05) is 42.5 Å². The molecule has 0 aliphatic carbocycles. The SMILES string of the molecule is N#C/C(=C/c1ccc(OCc2ccc(Cl)cc2)c(I)c1)c1ccc(C(=O)O)cc1. The number of carboxylic acids is 1. The van der Waals surface area contributed by atoms with Crippen molar-refractivity contribution in [1.82, 2.24) is 0 Å². The van der Waals surface area contributed by atoms with Crippen LogP contribution in [0.1, 0.15) is 27.0 Å². The van der Waals surface area contributed by atoms with Crippen LogP contribution in [0.15, 0.2) is 66.7 Å². The Hall–Kier alpha value is -2.82. The summed E-state index contributed by atoms with van der Waals surface area (Å²) in [7, 11) is 0. The molecule has 6 heteroatoms. The molecule has 144 valence electrons. The molecule has 0 unspecified atom stereocenters. The first kappa shape index (κ1) is 20.9. The lowest BCUT2D eigenvalue weighted by Gasteiger charge is -2.09. The third kappa shape index (κ3) is 5.59. The van der Waals surface area contributed by atoms with Crippen LogP contribution in [0.5, 0.6) is 5.75 Å². The average molecular weight is 516 g/mol. The predicted molar refractivity (Wildman–Crippen MR) is 122 cm³/mol. The number of carbonyl (C=O) groups is 1. The Labute approximate surface area is 187 Å². The molecule has 0 fully saturated rings. The summed E-state index contributed by atoms with van der Waals surface area (Å²) < 4.78 is 6.80. The highest BCUT2D eigenvalue weighted by Gasteiger charge is 2.07. The minimum Gasteiger partial charge on any atom is -0.488 e. The van der Waals surface area contributed by atoms with Gasteiger partial charge in [0.15, 0.2) is 0 Å². The summed E-state index contributed by atoms with van der Waals surface area (Å²) in [6.45, 7) is 0.432. The zero-order valence-corrected chi connectivity index (χ0v) is 18.0. The molecule has 0 aliphatic heterocycles. The molecule has 0 saturated carbocycles. The Morgan fingerprint density at radius 2 is 1.72 bits per heavy atom. The molecule has 3 aromatic rings. The lowest BCUT2D eigenvalue weighted by atomic mass is 10.0. The second-order valence-corrected chi connectivity index (χ2v) is 7.76. The van der Waals surface area contributed by atoms with E-state index in [9.17, 15) is 10.1 Å². The molecule has 0 radical (unpaired) electrons. The molecule has 3 aromatic carbocycles. The summed E-state index contributed by atoms with van der Waals surface area (Å²) in [5, 5.41) is 19.2. The van der Waals surface area contributed by atoms with Crippen LogP contribution in [-0.2, 0) is 6.61 Å². The number of allylic oxidation sites excluding steroid dienone is 1. The standard InChI is InChI=1S/C23H15ClINO3/c24-20-8-1-15(2-9-20)14-29-22-10-3-16(12-21(22)25)11-19(13-26)17-4-6-18(7-5-17)23(27)28/h1-12H,14H2,(H,27,28)/b19-11-. The van der Waals surface area contributed by atoms with Crippen LogP contribution in [-0.4, -0.2) is 11.1 Å². The quantitative estimate of drug-likeness (QED) is 0.238. The number of rotatable bonds is 6. The van der Waals surface area contributed by atoms with Gasteiger partial charge < -0.3 is 9.84 Å². The Kier molecular flexibility index (Phi) is 6.91. The summed E-state index contributed by atoms with van der Waals surface area (Å²) >= 11 is 8.09. The smallest absolute Gasteiger partial charge is 0.335 e. The first-order chi connectivity index (χ1) is 14.0. The van der Waals surface area contributed by atoms with Gasteiger partial charge in [0.1, 0.15) is 12.4 Å². The minimum atomic E-state index is -0.997. The van der Waals surface area contributed by atoms with Crippen molar-refractivity contribution in [3.05, 3.63) is 97.6 Å². The van der Waals surface area contributed by atoms with Crippen LogP contribution >= 0.6 is 34.2 Å². The Morgan fingerprint density at radius 1 is 1.07 bits per heavy atom. The van der Waals surface area contributed by atoms with Gasteiger partial charge in [-0.2, -0.15) is 5.26 Å². The number of nitriles is 1. The number of ether oxygens (including phenoxy) is 1. The predicted octanol–water partition coefficient (Wildman–Crippen LogP) is 6.29. The number of benzene rings is 3. The Balaban J connectivity index is 1.76. The minimum absolute atomic E-state index is 0.183. The fourth-order valence-corrected chi connectivity index (χ4v) is 3.43. The van der Waals surface area contributed by atoms with Gasteiger partial charge in [-0.05, 0) is 81.8 Å². The van der Waals surface area contributed by atoms with Crippen molar-refractivity contribution in [1.29, 1.82) is 5.26 Å². The van der Waals surface area contributed by atoms with E-state index >= 15 is 0 Å². The lowest BCUT2D eigenvalue weighted by Crippen LogP contribution is -1.97. The molecule has 0 aromatic heterocycles. The monoisotopic (exact) mass is 515 g/mol. The van der Waals surface area contributed by atoms with E-state index < -0.39 is 5.97 Å².